The van der Waals surface area contributed by atoms with Crippen molar-refractivity contribution < 1.29 is 22.7 Å². The SMILES string of the molecule is O=C(COC(=O)c1ccc(S(=O)(=O)N2CCCCC2)cc1)Nc1ccc(Cl)cn1. The van der Waals surface area contributed by atoms with Gasteiger partial charge < -0.3 is 10.1 Å². The van der Waals surface area contributed by atoms with Crippen LogP contribution in [0.15, 0.2) is 47.5 Å². The Hall–Kier alpha value is -2.49. The third kappa shape index (κ3) is 5.53. The number of piperidine rings is 1. The number of ether oxygens (including phenoxy) is 1. The number of rotatable bonds is 6. The summed E-state index contributed by atoms with van der Waals surface area (Å²) in [6.45, 7) is 0.504. The van der Waals surface area contributed by atoms with E-state index in [2.05, 4.69) is 10.3 Å². The van der Waals surface area contributed by atoms with Gasteiger partial charge in [0.1, 0.15) is 5.82 Å². The number of carbonyl (C=O) groups excluding carboxylic acids is 2. The zero-order chi connectivity index (χ0) is 20.9. The normalized spacial score (nSPS) is 14.9. The quantitative estimate of drug-likeness (QED) is 0.696. The van der Waals surface area contributed by atoms with Crippen LogP contribution in [0.5, 0.6) is 0 Å². The number of sulfonamides is 1. The van der Waals surface area contributed by atoms with E-state index in [0.717, 1.165) is 19.3 Å². The van der Waals surface area contributed by atoms with Gasteiger partial charge in [-0.05, 0) is 49.2 Å². The van der Waals surface area contributed by atoms with Gasteiger partial charge in [-0.2, -0.15) is 4.31 Å². The van der Waals surface area contributed by atoms with E-state index in [1.54, 1.807) is 6.07 Å². The molecule has 0 aliphatic carbocycles. The molecule has 1 aliphatic rings. The lowest BCUT2D eigenvalue weighted by atomic mass is 10.2. The molecule has 3 rings (SSSR count). The smallest absolute Gasteiger partial charge is 0.338 e. The van der Waals surface area contributed by atoms with Crippen LogP contribution in [0.25, 0.3) is 0 Å². The molecule has 2 heterocycles. The Bertz CT molecular complexity index is 972. The molecular weight excluding hydrogens is 418 g/mol. The molecule has 0 atom stereocenters. The number of hydrogen-bond acceptors (Lipinski definition) is 6. The minimum atomic E-state index is -3.57. The highest BCUT2D eigenvalue weighted by Crippen LogP contribution is 2.21. The largest absolute Gasteiger partial charge is 0.452 e. The third-order valence-electron chi connectivity index (χ3n) is 4.37. The summed E-state index contributed by atoms with van der Waals surface area (Å²) >= 11 is 5.72. The summed E-state index contributed by atoms with van der Waals surface area (Å²) in [6.07, 6.45) is 4.09. The lowest BCUT2D eigenvalue weighted by molar-refractivity contribution is -0.119. The Morgan fingerprint density at radius 3 is 2.38 bits per heavy atom. The molecule has 154 valence electrons. The predicted octanol–water partition coefficient (Wildman–Crippen LogP) is 2.71. The molecule has 1 aromatic carbocycles. The first-order valence-electron chi connectivity index (χ1n) is 9.05. The van der Waals surface area contributed by atoms with Crippen LogP contribution in [-0.2, 0) is 19.6 Å². The molecule has 2 aromatic rings. The maximum atomic E-state index is 12.6. The fourth-order valence-electron chi connectivity index (χ4n) is 2.86. The van der Waals surface area contributed by atoms with Gasteiger partial charge in [0.2, 0.25) is 10.0 Å². The second-order valence-corrected chi connectivity index (χ2v) is 8.85. The molecule has 0 radical (unpaired) electrons. The van der Waals surface area contributed by atoms with Gasteiger partial charge >= 0.3 is 5.97 Å². The van der Waals surface area contributed by atoms with Crippen molar-refractivity contribution in [3.05, 3.63) is 53.2 Å². The number of nitrogens with zero attached hydrogens (tertiary/aromatic N) is 2. The fourth-order valence-corrected chi connectivity index (χ4v) is 4.49. The number of halogens is 1. The van der Waals surface area contributed by atoms with E-state index in [9.17, 15) is 18.0 Å². The van der Waals surface area contributed by atoms with Crippen LogP contribution in [-0.4, -0.2) is 49.3 Å². The minimum Gasteiger partial charge on any atom is -0.452 e. The molecule has 29 heavy (non-hydrogen) atoms. The summed E-state index contributed by atoms with van der Waals surface area (Å²) in [7, 11) is -3.57. The van der Waals surface area contributed by atoms with E-state index in [0.29, 0.717) is 18.1 Å². The van der Waals surface area contributed by atoms with E-state index < -0.39 is 28.5 Å². The summed E-state index contributed by atoms with van der Waals surface area (Å²) < 4.78 is 31.7. The van der Waals surface area contributed by atoms with Crippen molar-refractivity contribution in [1.29, 1.82) is 0 Å². The van der Waals surface area contributed by atoms with E-state index in [-0.39, 0.29) is 16.3 Å². The predicted molar refractivity (Wildman–Crippen MR) is 107 cm³/mol. The molecule has 1 aromatic heterocycles. The van der Waals surface area contributed by atoms with Crippen LogP contribution in [0.2, 0.25) is 5.02 Å². The number of esters is 1. The monoisotopic (exact) mass is 437 g/mol. The van der Waals surface area contributed by atoms with Crippen molar-refractivity contribution in [3.8, 4) is 0 Å². The number of benzene rings is 1. The minimum absolute atomic E-state index is 0.127. The van der Waals surface area contributed by atoms with Crippen molar-refractivity contribution in [3.63, 3.8) is 0 Å². The number of aromatic nitrogens is 1. The summed E-state index contributed by atoms with van der Waals surface area (Å²) in [5.41, 5.74) is 0.153. The van der Waals surface area contributed by atoms with E-state index in [1.807, 2.05) is 0 Å². The van der Waals surface area contributed by atoms with Gasteiger partial charge in [0.05, 0.1) is 15.5 Å². The Kier molecular flexibility index (Phi) is 6.83. The molecule has 0 spiro atoms. The van der Waals surface area contributed by atoms with E-state index in [4.69, 9.17) is 16.3 Å². The van der Waals surface area contributed by atoms with E-state index >= 15 is 0 Å². The lowest BCUT2D eigenvalue weighted by Gasteiger charge is -2.25. The standard InChI is InChI=1S/C19H20ClN3O5S/c20-15-6-9-17(21-12-15)22-18(24)13-28-19(25)14-4-7-16(8-5-14)29(26,27)23-10-2-1-3-11-23/h4-9,12H,1-3,10-11,13H2,(H,21,22,24). The number of hydrogen-bond donors (Lipinski definition) is 1. The van der Waals surface area contributed by atoms with Crippen LogP contribution in [0.3, 0.4) is 0 Å². The van der Waals surface area contributed by atoms with Crippen LogP contribution < -0.4 is 5.32 Å². The Labute approximate surface area is 173 Å². The van der Waals surface area contributed by atoms with Gasteiger partial charge in [-0.25, -0.2) is 18.2 Å². The van der Waals surface area contributed by atoms with E-state index in [1.165, 1.54) is 40.8 Å². The molecule has 10 heteroatoms. The first-order valence-corrected chi connectivity index (χ1v) is 10.9. The average Bonchev–Trinajstić information content (AvgIpc) is 2.74. The molecule has 0 saturated carbocycles. The molecule has 0 unspecified atom stereocenters. The highest BCUT2D eigenvalue weighted by atomic mass is 35.5. The maximum absolute atomic E-state index is 12.6. The highest BCUT2D eigenvalue weighted by Gasteiger charge is 2.26. The van der Waals surface area contributed by atoms with Crippen LogP contribution in [0.1, 0.15) is 29.6 Å². The summed E-state index contributed by atoms with van der Waals surface area (Å²) in [4.78, 5) is 28.0. The van der Waals surface area contributed by atoms with Crippen molar-refractivity contribution in [1.82, 2.24) is 9.29 Å². The number of anilines is 1. The van der Waals surface area contributed by atoms with Gasteiger partial charge in [0, 0.05) is 19.3 Å². The van der Waals surface area contributed by atoms with Crippen LogP contribution >= 0.6 is 11.6 Å². The first kappa shape index (κ1) is 21.2. The van der Waals surface area contributed by atoms with Crippen molar-refractivity contribution in [2.75, 3.05) is 25.0 Å². The summed E-state index contributed by atoms with van der Waals surface area (Å²) in [5, 5.41) is 2.90. The Morgan fingerprint density at radius 1 is 1.07 bits per heavy atom. The lowest BCUT2D eigenvalue weighted by Crippen LogP contribution is -2.35. The second-order valence-electron chi connectivity index (χ2n) is 6.48. The Balaban J connectivity index is 1.56. The maximum Gasteiger partial charge on any atom is 0.338 e. The molecule has 1 aliphatic heterocycles. The topological polar surface area (TPSA) is 106 Å². The molecule has 1 fully saturated rings. The molecule has 1 amide bonds. The second kappa shape index (κ2) is 9.34. The number of carbonyl (C=O) groups is 2. The van der Waals surface area contributed by atoms with Gasteiger partial charge in [0.25, 0.3) is 5.91 Å². The van der Waals surface area contributed by atoms with Crippen LogP contribution in [0.4, 0.5) is 5.82 Å². The van der Waals surface area contributed by atoms with Gasteiger partial charge in [-0.1, -0.05) is 18.0 Å². The highest BCUT2D eigenvalue weighted by molar-refractivity contribution is 7.89. The molecule has 8 nitrogen and oxygen atoms in total. The van der Waals surface area contributed by atoms with Crippen molar-refractivity contribution in [2.45, 2.75) is 24.2 Å². The summed E-state index contributed by atoms with van der Waals surface area (Å²) in [6, 6.07) is 8.57. The zero-order valence-electron chi connectivity index (χ0n) is 15.5. The van der Waals surface area contributed by atoms with Crippen molar-refractivity contribution >= 4 is 39.3 Å². The van der Waals surface area contributed by atoms with Gasteiger partial charge in [0.15, 0.2) is 6.61 Å². The molecule has 1 N–H and O–H groups in total. The average molecular weight is 438 g/mol. The van der Waals surface area contributed by atoms with Gasteiger partial charge in [-0.15, -0.1) is 0 Å². The summed E-state index contributed by atoms with van der Waals surface area (Å²) in [5.74, 6) is -1.01. The number of nitrogens with one attached hydrogen (secondary N) is 1. The molecule has 0 bridgehead atoms. The first-order chi connectivity index (χ1) is 13.9. The Morgan fingerprint density at radius 2 is 1.76 bits per heavy atom. The van der Waals surface area contributed by atoms with Crippen LogP contribution in [0, 0.1) is 0 Å². The number of amides is 1. The third-order valence-corrected chi connectivity index (χ3v) is 6.51. The molecular formula is C19H20ClN3O5S. The van der Waals surface area contributed by atoms with Crippen molar-refractivity contribution in [2.24, 2.45) is 0 Å². The zero-order valence-corrected chi connectivity index (χ0v) is 17.1. The molecule has 1 saturated heterocycles. The fraction of sp³-hybridized carbons (Fsp3) is 0.316. The number of pyridine rings is 1. The van der Waals surface area contributed by atoms with Gasteiger partial charge in [-0.3, -0.25) is 4.79 Å².